The van der Waals surface area contributed by atoms with Gasteiger partial charge in [0.1, 0.15) is 12.0 Å². The van der Waals surface area contributed by atoms with Gasteiger partial charge in [0.15, 0.2) is 0 Å². The Labute approximate surface area is 125 Å². The molecule has 4 heteroatoms. The largest absolute Gasteiger partial charge is 0.318 e. The molecule has 3 nitrogen and oxygen atoms in total. The van der Waals surface area contributed by atoms with Crippen LogP contribution in [-0.4, -0.2) is 22.9 Å². The molecule has 1 heterocycles. The minimum Gasteiger partial charge on any atom is -0.318 e. The predicted molar refractivity (Wildman–Crippen MR) is 80.0 cm³/mol. The zero-order valence-electron chi connectivity index (χ0n) is 12.9. The normalized spacial score (nSPS) is 31.9. The fourth-order valence-corrected chi connectivity index (χ4v) is 3.83. The van der Waals surface area contributed by atoms with Gasteiger partial charge in [-0.25, -0.2) is 4.39 Å². The van der Waals surface area contributed by atoms with E-state index < -0.39 is 0 Å². The molecular formula is C17H23FN2O. The number of carbonyl (C=O) groups is 1. The molecule has 1 amide bonds. The molecular weight excluding hydrogens is 267 g/mol. The molecule has 2 aliphatic rings. The smallest absolute Gasteiger partial charge is 0.241 e. The standard InChI is InChI=1S/C17H23FN2O/c1-11-16(21)20(14-9-6-10-17(14,2)3)15(19-11)12-7-4-5-8-13(12)18/h4-5,7-8,11,14-15,19H,6,9-10H2,1-3H3. The first-order valence-corrected chi connectivity index (χ1v) is 7.74. The second-order valence-electron chi connectivity index (χ2n) is 6.95. The van der Waals surface area contributed by atoms with Crippen LogP contribution in [0, 0.1) is 11.2 Å². The van der Waals surface area contributed by atoms with Crippen LogP contribution in [-0.2, 0) is 4.79 Å². The molecule has 3 unspecified atom stereocenters. The second-order valence-corrected chi connectivity index (χ2v) is 6.95. The van der Waals surface area contributed by atoms with Crippen LogP contribution >= 0.6 is 0 Å². The van der Waals surface area contributed by atoms with Gasteiger partial charge in [-0.05, 0) is 31.2 Å². The minimum atomic E-state index is -0.351. The van der Waals surface area contributed by atoms with E-state index in [0.29, 0.717) is 5.56 Å². The lowest BCUT2D eigenvalue weighted by atomic mass is 9.86. The van der Waals surface area contributed by atoms with Crippen molar-refractivity contribution in [2.45, 2.75) is 58.3 Å². The first-order valence-electron chi connectivity index (χ1n) is 7.74. The van der Waals surface area contributed by atoms with Crippen molar-refractivity contribution in [1.29, 1.82) is 0 Å². The highest BCUT2D eigenvalue weighted by atomic mass is 19.1. The lowest BCUT2D eigenvalue weighted by molar-refractivity contribution is -0.134. The first kappa shape index (κ1) is 14.5. The summed E-state index contributed by atoms with van der Waals surface area (Å²) in [5.74, 6) is -0.166. The Hall–Kier alpha value is -1.42. The maximum atomic E-state index is 14.2. The number of carbonyl (C=O) groups excluding carboxylic acids is 1. The molecule has 1 aliphatic heterocycles. The van der Waals surface area contributed by atoms with Crippen molar-refractivity contribution in [3.8, 4) is 0 Å². The van der Waals surface area contributed by atoms with Gasteiger partial charge >= 0.3 is 0 Å². The van der Waals surface area contributed by atoms with Crippen LogP contribution in [0.5, 0.6) is 0 Å². The van der Waals surface area contributed by atoms with Crippen molar-refractivity contribution in [1.82, 2.24) is 10.2 Å². The molecule has 1 N–H and O–H groups in total. The van der Waals surface area contributed by atoms with E-state index in [-0.39, 0.29) is 35.4 Å². The summed E-state index contributed by atoms with van der Waals surface area (Å²) in [6, 6.07) is 6.66. The van der Waals surface area contributed by atoms with Crippen molar-refractivity contribution >= 4 is 5.91 Å². The Morgan fingerprint density at radius 1 is 1.33 bits per heavy atom. The van der Waals surface area contributed by atoms with Crippen LogP contribution in [0.3, 0.4) is 0 Å². The SMILES string of the molecule is CC1NC(c2ccccc2F)N(C2CCCC2(C)C)C1=O. The van der Waals surface area contributed by atoms with E-state index in [1.807, 2.05) is 17.9 Å². The van der Waals surface area contributed by atoms with Gasteiger partial charge in [0.2, 0.25) is 5.91 Å². The number of benzene rings is 1. The molecule has 0 spiro atoms. The Kier molecular flexibility index (Phi) is 3.52. The molecule has 0 aromatic heterocycles. The highest BCUT2D eigenvalue weighted by Gasteiger charge is 2.48. The highest BCUT2D eigenvalue weighted by molar-refractivity contribution is 5.84. The second kappa shape index (κ2) is 5.09. The summed E-state index contributed by atoms with van der Waals surface area (Å²) in [5, 5.41) is 3.26. The number of rotatable bonds is 2. The summed E-state index contributed by atoms with van der Waals surface area (Å²) < 4.78 is 14.2. The van der Waals surface area contributed by atoms with Crippen molar-refractivity contribution in [2.75, 3.05) is 0 Å². The average molecular weight is 290 g/mol. The van der Waals surface area contributed by atoms with Crippen LogP contribution in [0.1, 0.15) is 51.8 Å². The first-order chi connectivity index (χ1) is 9.92. The van der Waals surface area contributed by atoms with E-state index in [1.165, 1.54) is 6.07 Å². The quantitative estimate of drug-likeness (QED) is 0.907. The number of hydrogen-bond donors (Lipinski definition) is 1. The number of nitrogens with one attached hydrogen (secondary N) is 1. The Morgan fingerprint density at radius 2 is 2.05 bits per heavy atom. The fourth-order valence-electron chi connectivity index (χ4n) is 3.83. The topological polar surface area (TPSA) is 32.3 Å². The third-order valence-electron chi connectivity index (χ3n) is 5.05. The minimum absolute atomic E-state index is 0.0863. The van der Waals surface area contributed by atoms with Gasteiger partial charge in [-0.15, -0.1) is 0 Å². The van der Waals surface area contributed by atoms with Crippen LogP contribution in [0.4, 0.5) is 4.39 Å². The van der Waals surface area contributed by atoms with E-state index >= 15 is 0 Å². The number of amides is 1. The number of nitrogens with zero attached hydrogens (tertiary/aromatic N) is 1. The predicted octanol–water partition coefficient (Wildman–Crippen LogP) is 3.22. The summed E-state index contributed by atoms with van der Waals surface area (Å²) in [6.07, 6.45) is 2.88. The lowest BCUT2D eigenvalue weighted by Gasteiger charge is -2.38. The Morgan fingerprint density at radius 3 is 2.67 bits per heavy atom. The van der Waals surface area contributed by atoms with Gasteiger partial charge in [0, 0.05) is 11.6 Å². The maximum Gasteiger partial charge on any atom is 0.241 e. The van der Waals surface area contributed by atoms with Crippen molar-refractivity contribution in [3.05, 3.63) is 35.6 Å². The van der Waals surface area contributed by atoms with E-state index in [0.717, 1.165) is 19.3 Å². The molecule has 3 rings (SSSR count). The molecule has 21 heavy (non-hydrogen) atoms. The lowest BCUT2D eigenvalue weighted by Crippen LogP contribution is -2.45. The third-order valence-corrected chi connectivity index (χ3v) is 5.05. The molecule has 2 fully saturated rings. The number of hydrogen-bond acceptors (Lipinski definition) is 2. The van der Waals surface area contributed by atoms with Crippen LogP contribution in [0.2, 0.25) is 0 Å². The van der Waals surface area contributed by atoms with Gasteiger partial charge in [-0.3, -0.25) is 10.1 Å². The summed E-state index contributed by atoms with van der Waals surface area (Å²) in [6.45, 7) is 6.27. The van der Waals surface area contributed by atoms with E-state index in [1.54, 1.807) is 12.1 Å². The molecule has 0 radical (unpaired) electrons. The summed E-state index contributed by atoms with van der Waals surface area (Å²) in [4.78, 5) is 14.5. The molecule has 3 atom stereocenters. The van der Waals surface area contributed by atoms with Gasteiger partial charge < -0.3 is 4.90 Å². The molecule has 114 valence electrons. The van der Waals surface area contributed by atoms with Crippen molar-refractivity contribution in [3.63, 3.8) is 0 Å². The van der Waals surface area contributed by atoms with Crippen LogP contribution in [0.15, 0.2) is 24.3 Å². The molecule has 0 bridgehead atoms. The molecule has 1 aromatic rings. The van der Waals surface area contributed by atoms with Gasteiger partial charge in [-0.2, -0.15) is 0 Å². The molecule has 1 saturated carbocycles. The fraction of sp³-hybridized carbons (Fsp3) is 0.588. The van der Waals surface area contributed by atoms with Crippen molar-refractivity contribution in [2.24, 2.45) is 5.41 Å². The summed E-state index contributed by atoms with van der Waals surface area (Å²) in [7, 11) is 0. The molecule has 1 aliphatic carbocycles. The monoisotopic (exact) mass is 290 g/mol. The Bertz CT molecular complexity index is 557. The molecule has 1 saturated heterocycles. The van der Waals surface area contributed by atoms with Crippen molar-refractivity contribution < 1.29 is 9.18 Å². The summed E-state index contributed by atoms with van der Waals surface area (Å²) >= 11 is 0. The Balaban J connectivity index is 1.99. The van der Waals surface area contributed by atoms with Gasteiger partial charge in [0.05, 0.1) is 6.04 Å². The number of halogens is 1. The van der Waals surface area contributed by atoms with Gasteiger partial charge in [-0.1, -0.05) is 38.5 Å². The average Bonchev–Trinajstić information content (AvgIpc) is 2.91. The highest BCUT2D eigenvalue weighted by Crippen LogP contribution is 2.44. The molecule has 1 aromatic carbocycles. The zero-order valence-corrected chi connectivity index (χ0v) is 12.9. The third kappa shape index (κ3) is 2.35. The van der Waals surface area contributed by atoms with E-state index in [2.05, 4.69) is 19.2 Å². The van der Waals surface area contributed by atoms with E-state index in [9.17, 15) is 9.18 Å². The van der Waals surface area contributed by atoms with Crippen LogP contribution < -0.4 is 5.32 Å². The zero-order chi connectivity index (χ0) is 15.2. The van der Waals surface area contributed by atoms with Gasteiger partial charge in [0.25, 0.3) is 0 Å². The van der Waals surface area contributed by atoms with Crippen LogP contribution in [0.25, 0.3) is 0 Å². The van der Waals surface area contributed by atoms with E-state index in [4.69, 9.17) is 0 Å². The maximum absolute atomic E-state index is 14.2. The summed E-state index contributed by atoms with van der Waals surface area (Å²) in [5.41, 5.74) is 0.656.